The highest BCUT2D eigenvalue weighted by molar-refractivity contribution is 8.03. The second-order valence-electron chi connectivity index (χ2n) is 9.07. The number of thioether (sulfide) groups is 1. The molecule has 10 heteroatoms. The Morgan fingerprint density at radius 3 is 2.71 bits per heavy atom. The molecule has 1 aliphatic heterocycles. The fourth-order valence-corrected chi connectivity index (χ4v) is 7.75. The van der Waals surface area contributed by atoms with Crippen LogP contribution in [0.25, 0.3) is 16.3 Å². The van der Waals surface area contributed by atoms with Crippen LogP contribution in [0.2, 0.25) is 10.0 Å². The van der Waals surface area contributed by atoms with Gasteiger partial charge in [0.1, 0.15) is 4.70 Å². The molecule has 0 bridgehead atoms. The Labute approximate surface area is 241 Å². The summed E-state index contributed by atoms with van der Waals surface area (Å²) in [4.78, 5) is 3.53. The van der Waals surface area contributed by atoms with Gasteiger partial charge in [0.15, 0.2) is 6.54 Å². The van der Waals surface area contributed by atoms with Crippen LogP contribution in [0.3, 0.4) is 0 Å². The highest BCUT2D eigenvalue weighted by Gasteiger charge is 2.30. The van der Waals surface area contributed by atoms with Gasteiger partial charge in [-0.05, 0) is 54.8 Å². The number of rotatable bonds is 8. The maximum absolute atomic E-state index is 11.2. The zero-order valence-electron chi connectivity index (χ0n) is 20.6. The Morgan fingerprint density at radius 2 is 1.97 bits per heavy atom. The predicted octanol–water partition coefficient (Wildman–Crippen LogP) is 7.56. The van der Waals surface area contributed by atoms with Gasteiger partial charge in [-0.3, -0.25) is 0 Å². The lowest BCUT2D eigenvalue weighted by molar-refractivity contribution is -0.668. The number of benzene rings is 2. The Kier molecular flexibility index (Phi) is 8.38. The van der Waals surface area contributed by atoms with E-state index in [4.69, 9.17) is 23.2 Å². The molecule has 0 saturated carbocycles. The molecule has 1 unspecified atom stereocenters. The number of hydrogen-bond donors (Lipinski definition) is 0. The van der Waals surface area contributed by atoms with E-state index in [-0.39, 0.29) is 12.5 Å². The monoisotopic (exact) mass is 604 g/mol. The first-order chi connectivity index (χ1) is 18.2. The fourth-order valence-electron chi connectivity index (χ4n) is 4.62. The molecule has 38 heavy (non-hydrogen) atoms. The maximum Gasteiger partial charge on any atom is 0.263 e. The highest BCUT2D eigenvalue weighted by Crippen LogP contribution is 2.49. The zero-order valence-corrected chi connectivity index (χ0v) is 24.6. The lowest BCUT2D eigenvalue weighted by Crippen LogP contribution is -2.36. The molecule has 198 valence electrons. The molecule has 0 N–H and O–H groups in total. The number of thiazole rings is 1. The van der Waals surface area contributed by atoms with E-state index in [9.17, 15) is 13.0 Å². The quantitative estimate of drug-likeness (QED) is 0.196. The van der Waals surface area contributed by atoms with E-state index in [2.05, 4.69) is 58.9 Å². The molecule has 1 aromatic heterocycles. The van der Waals surface area contributed by atoms with Crippen molar-refractivity contribution in [2.75, 3.05) is 10.7 Å². The Bertz CT molecular complexity index is 1610. The van der Waals surface area contributed by atoms with E-state index < -0.39 is 15.9 Å². The molecule has 0 radical (unpaired) electrons. The van der Waals surface area contributed by atoms with Crippen LogP contribution in [0.4, 0.5) is 5.69 Å². The Morgan fingerprint density at radius 1 is 1.18 bits per heavy atom. The van der Waals surface area contributed by atoms with Gasteiger partial charge in [-0.25, -0.2) is 8.42 Å². The smallest absolute Gasteiger partial charge is 0.263 e. The van der Waals surface area contributed by atoms with Gasteiger partial charge in [0.05, 0.1) is 26.9 Å². The summed E-state index contributed by atoms with van der Waals surface area (Å²) in [5.74, 6) is -0.401. The highest BCUT2D eigenvalue weighted by atomic mass is 35.5. The van der Waals surface area contributed by atoms with E-state index in [0.717, 1.165) is 44.4 Å². The Hall–Kier alpha value is -2.07. The van der Waals surface area contributed by atoms with Gasteiger partial charge >= 0.3 is 0 Å². The summed E-state index contributed by atoms with van der Waals surface area (Å²) in [6, 6.07) is 11.9. The molecule has 5 rings (SSSR count). The summed E-state index contributed by atoms with van der Waals surface area (Å²) >= 11 is 16.0. The first kappa shape index (κ1) is 27.5. The largest absolute Gasteiger partial charge is 0.748 e. The van der Waals surface area contributed by atoms with Crippen LogP contribution in [0.15, 0.2) is 82.3 Å². The van der Waals surface area contributed by atoms with Crippen LogP contribution in [0.1, 0.15) is 31.2 Å². The van der Waals surface area contributed by atoms with Crippen molar-refractivity contribution in [3.05, 3.63) is 92.4 Å². The molecule has 2 aliphatic rings. The summed E-state index contributed by atoms with van der Waals surface area (Å²) in [5, 5.41) is 3.43. The molecule has 0 saturated heterocycles. The average molecular weight is 606 g/mol. The topological polar surface area (TPSA) is 64.3 Å². The second-order valence-corrected chi connectivity index (χ2v) is 13.6. The van der Waals surface area contributed by atoms with E-state index in [1.165, 1.54) is 4.90 Å². The standard InChI is InChI=1S/C28H26Cl2N2O3S3/c1-2-19(15-27-31(13-6-14-38(33,34)35)23-17-20(29)9-11-25(23)36-27)16-28-32(22-7-4-3-5-8-22)24-18-21(30)10-12-26(24)37-28/h3-5,7,9-12,15-18,22H,2,6,8,13-14H2,1H3. The fraction of sp³-hybridized carbons (Fsp3) is 0.250. The van der Waals surface area contributed by atoms with Crippen molar-refractivity contribution in [1.29, 1.82) is 0 Å². The number of nitrogens with zero attached hydrogens (tertiary/aromatic N) is 2. The number of hydrogen-bond acceptors (Lipinski definition) is 6. The molecule has 1 aliphatic carbocycles. The number of anilines is 1. The van der Waals surface area contributed by atoms with Crippen LogP contribution in [-0.4, -0.2) is 24.8 Å². The zero-order chi connectivity index (χ0) is 26.9. The van der Waals surface area contributed by atoms with Gasteiger partial charge < -0.3 is 9.45 Å². The molecular weight excluding hydrogens is 579 g/mol. The van der Waals surface area contributed by atoms with Gasteiger partial charge in [0.25, 0.3) is 5.01 Å². The number of allylic oxidation sites excluding steroid dienone is 4. The third-order valence-electron chi connectivity index (χ3n) is 6.42. The molecule has 0 fully saturated rings. The molecule has 2 aromatic carbocycles. The third-order valence-corrected chi connectivity index (χ3v) is 9.88. The van der Waals surface area contributed by atoms with E-state index >= 15 is 0 Å². The Balaban J connectivity index is 1.54. The first-order valence-corrected chi connectivity index (χ1v) is 16.3. The lowest BCUT2D eigenvalue weighted by atomic mass is 10.1. The summed E-state index contributed by atoms with van der Waals surface area (Å²) in [6.07, 6.45) is 14.9. The predicted molar refractivity (Wildman–Crippen MR) is 159 cm³/mol. The van der Waals surface area contributed by atoms with Crippen molar-refractivity contribution in [3.63, 3.8) is 0 Å². The van der Waals surface area contributed by atoms with Crippen molar-refractivity contribution in [3.8, 4) is 0 Å². The van der Waals surface area contributed by atoms with Crippen LogP contribution in [-0.2, 0) is 16.7 Å². The SMILES string of the molecule is CCC(=Cc1sc2ccc(Cl)cc2[n+]1CCCS(=O)(=O)[O-])C=C1Sc2ccc(Cl)cc2N1C1C=CC=CC1. The van der Waals surface area contributed by atoms with Gasteiger partial charge in [-0.2, -0.15) is 4.57 Å². The molecule has 2 heterocycles. The van der Waals surface area contributed by atoms with Crippen molar-refractivity contribution >= 4 is 78.4 Å². The van der Waals surface area contributed by atoms with Crippen LogP contribution in [0.5, 0.6) is 0 Å². The van der Waals surface area contributed by atoms with E-state index in [1.807, 2.05) is 30.3 Å². The molecule has 1 atom stereocenters. The van der Waals surface area contributed by atoms with Crippen molar-refractivity contribution in [2.24, 2.45) is 0 Å². The lowest BCUT2D eigenvalue weighted by Gasteiger charge is -2.29. The normalized spacial score (nSPS) is 18.6. The van der Waals surface area contributed by atoms with E-state index in [0.29, 0.717) is 16.6 Å². The molecule has 0 amide bonds. The van der Waals surface area contributed by atoms with Crippen molar-refractivity contribution < 1.29 is 17.5 Å². The number of aromatic nitrogens is 1. The molecule has 0 spiro atoms. The van der Waals surface area contributed by atoms with Gasteiger partial charge in [-0.1, -0.05) is 77.5 Å². The minimum atomic E-state index is -4.28. The molecule has 5 nitrogen and oxygen atoms in total. The third kappa shape index (κ3) is 6.22. The van der Waals surface area contributed by atoms with Crippen LogP contribution >= 0.6 is 46.3 Å². The summed E-state index contributed by atoms with van der Waals surface area (Å²) in [6.45, 7) is 2.53. The number of halogens is 2. The summed E-state index contributed by atoms with van der Waals surface area (Å²) < 4.78 is 36.8. The average Bonchev–Trinajstić information content (AvgIpc) is 3.40. The summed E-state index contributed by atoms with van der Waals surface area (Å²) in [7, 11) is -4.28. The van der Waals surface area contributed by atoms with Crippen LogP contribution < -0.4 is 9.47 Å². The van der Waals surface area contributed by atoms with Crippen molar-refractivity contribution in [2.45, 2.75) is 43.7 Å². The minimum Gasteiger partial charge on any atom is -0.748 e. The first-order valence-electron chi connectivity index (χ1n) is 12.3. The van der Waals surface area contributed by atoms with Gasteiger partial charge in [0.2, 0.25) is 5.52 Å². The number of aryl methyl sites for hydroxylation is 1. The maximum atomic E-state index is 11.2. The second kappa shape index (κ2) is 11.6. The van der Waals surface area contributed by atoms with Gasteiger partial charge in [0, 0.05) is 39.3 Å². The minimum absolute atomic E-state index is 0.196. The van der Waals surface area contributed by atoms with E-state index in [1.54, 1.807) is 23.1 Å². The summed E-state index contributed by atoms with van der Waals surface area (Å²) in [5.41, 5.74) is 3.17. The molecular formula is C28H26Cl2N2O3S3. The van der Waals surface area contributed by atoms with Crippen molar-refractivity contribution in [1.82, 2.24) is 0 Å². The number of fused-ring (bicyclic) bond motifs is 2. The molecule has 3 aromatic rings. The van der Waals surface area contributed by atoms with Gasteiger partial charge in [-0.15, -0.1) is 0 Å². The van der Waals surface area contributed by atoms with Crippen LogP contribution in [0, 0.1) is 0 Å².